The summed E-state index contributed by atoms with van der Waals surface area (Å²) in [5, 5.41) is 12.0. The Hall–Kier alpha value is -2.22. The van der Waals surface area contributed by atoms with Gasteiger partial charge in [-0.2, -0.15) is 5.26 Å². The molecule has 0 atom stereocenters. The average Bonchev–Trinajstić information content (AvgIpc) is 2.46. The third-order valence-electron chi connectivity index (χ3n) is 2.60. The van der Waals surface area contributed by atoms with Gasteiger partial charge < -0.3 is 10.1 Å². The van der Waals surface area contributed by atoms with Gasteiger partial charge in [0, 0.05) is 5.02 Å². The van der Waals surface area contributed by atoms with E-state index in [1.807, 2.05) is 6.07 Å². The van der Waals surface area contributed by atoms with Crippen molar-refractivity contribution in [3.63, 3.8) is 0 Å². The fourth-order valence-corrected chi connectivity index (χ4v) is 2.16. The molecule has 0 fully saturated rings. The lowest BCUT2D eigenvalue weighted by molar-refractivity contribution is 0.102. The van der Waals surface area contributed by atoms with Gasteiger partial charge in [-0.15, -0.1) is 0 Å². The number of rotatable bonds is 4. The van der Waals surface area contributed by atoms with Crippen molar-refractivity contribution in [2.75, 3.05) is 11.9 Å². The van der Waals surface area contributed by atoms with E-state index in [0.717, 1.165) is 0 Å². The molecule has 1 N–H and O–H groups in total. The molecule has 0 aromatic heterocycles. The maximum absolute atomic E-state index is 12.2. The van der Waals surface area contributed by atoms with E-state index in [9.17, 15) is 4.79 Å². The summed E-state index contributed by atoms with van der Waals surface area (Å²) in [6, 6.07) is 13.3. The zero-order valence-electron chi connectivity index (χ0n) is 10.8. The molecule has 0 unspecified atom stereocenters. The minimum absolute atomic E-state index is 0.103. The first-order valence-corrected chi connectivity index (χ1v) is 6.72. The molecule has 6 heteroatoms. The van der Waals surface area contributed by atoms with Crippen molar-refractivity contribution in [1.82, 2.24) is 0 Å². The van der Waals surface area contributed by atoms with Gasteiger partial charge >= 0.3 is 0 Å². The number of hydrogen-bond donors (Lipinski definition) is 1. The van der Waals surface area contributed by atoms with E-state index < -0.39 is 0 Å². The predicted molar refractivity (Wildman–Crippen MR) is 82.0 cm³/mol. The highest BCUT2D eigenvalue weighted by Crippen LogP contribution is 2.26. The zero-order valence-corrected chi connectivity index (χ0v) is 12.3. The molecule has 2 aromatic carbocycles. The highest BCUT2D eigenvalue weighted by molar-refractivity contribution is 6.37. The van der Waals surface area contributed by atoms with Gasteiger partial charge in [0.05, 0.1) is 16.3 Å². The molecule has 2 aromatic rings. The maximum Gasteiger partial charge on any atom is 0.257 e. The van der Waals surface area contributed by atoms with Gasteiger partial charge in [0.1, 0.15) is 11.8 Å². The first-order valence-electron chi connectivity index (χ1n) is 5.97. The predicted octanol–water partition coefficient (Wildman–Crippen LogP) is 4.15. The summed E-state index contributed by atoms with van der Waals surface area (Å²) in [7, 11) is 0. The van der Waals surface area contributed by atoms with Gasteiger partial charge in [-0.25, -0.2) is 0 Å². The normalized spacial score (nSPS) is 9.76. The third-order valence-corrected chi connectivity index (χ3v) is 3.15. The highest BCUT2D eigenvalue weighted by atomic mass is 35.5. The zero-order chi connectivity index (χ0) is 15.2. The topological polar surface area (TPSA) is 62.1 Å². The molecule has 106 valence electrons. The van der Waals surface area contributed by atoms with Crippen molar-refractivity contribution >= 4 is 34.8 Å². The van der Waals surface area contributed by atoms with Gasteiger partial charge in [-0.05, 0) is 30.3 Å². The summed E-state index contributed by atoms with van der Waals surface area (Å²) in [6.07, 6.45) is 0. The molecule has 2 rings (SSSR count). The Kier molecular flexibility index (Phi) is 5.04. The van der Waals surface area contributed by atoms with Crippen LogP contribution in [0.2, 0.25) is 10.0 Å². The Morgan fingerprint density at radius 3 is 2.71 bits per heavy atom. The van der Waals surface area contributed by atoms with Crippen LogP contribution in [0.1, 0.15) is 10.4 Å². The molecule has 21 heavy (non-hydrogen) atoms. The summed E-state index contributed by atoms with van der Waals surface area (Å²) >= 11 is 11.8. The van der Waals surface area contributed by atoms with E-state index in [2.05, 4.69) is 5.32 Å². The van der Waals surface area contributed by atoms with Crippen molar-refractivity contribution in [2.45, 2.75) is 0 Å². The average molecular weight is 321 g/mol. The Bertz CT molecular complexity index is 711. The molecular formula is C15H10Cl2N2O2. The van der Waals surface area contributed by atoms with E-state index in [4.69, 9.17) is 33.2 Å². The second-order valence-corrected chi connectivity index (χ2v) is 4.86. The van der Waals surface area contributed by atoms with E-state index in [0.29, 0.717) is 22.0 Å². The minimum atomic E-state index is -0.385. The van der Waals surface area contributed by atoms with Crippen LogP contribution in [0.15, 0.2) is 42.5 Å². The number of nitrogens with one attached hydrogen (secondary N) is 1. The number of para-hydroxylation sites is 2. The first-order chi connectivity index (χ1) is 10.1. The quantitative estimate of drug-likeness (QED) is 0.920. The van der Waals surface area contributed by atoms with Crippen LogP contribution in [0, 0.1) is 11.3 Å². The molecule has 0 aliphatic carbocycles. The number of nitriles is 1. The summed E-state index contributed by atoms with van der Waals surface area (Å²) in [5.74, 6) is 0.0298. The number of benzene rings is 2. The van der Waals surface area contributed by atoms with E-state index >= 15 is 0 Å². The first kappa shape index (κ1) is 15.2. The molecule has 1 amide bonds. The monoisotopic (exact) mass is 320 g/mol. The van der Waals surface area contributed by atoms with Gasteiger partial charge in [0.2, 0.25) is 0 Å². The molecule has 0 saturated carbocycles. The SMILES string of the molecule is N#CCOc1ccccc1NC(=O)c1ccc(Cl)cc1Cl. The molecule has 0 aliphatic rings. The molecule has 0 spiro atoms. The van der Waals surface area contributed by atoms with Crippen molar-refractivity contribution < 1.29 is 9.53 Å². The van der Waals surface area contributed by atoms with Gasteiger partial charge in [0.25, 0.3) is 5.91 Å². The van der Waals surface area contributed by atoms with Crippen LogP contribution in [-0.2, 0) is 0 Å². The van der Waals surface area contributed by atoms with Crippen LogP contribution < -0.4 is 10.1 Å². The molecule has 0 radical (unpaired) electrons. The van der Waals surface area contributed by atoms with Crippen LogP contribution in [0.3, 0.4) is 0 Å². The van der Waals surface area contributed by atoms with Crippen molar-refractivity contribution in [2.24, 2.45) is 0 Å². The number of nitrogens with zero attached hydrogens (tertiary/aromatic N) is 1. The van der Waals surface area contributed by atoms with E-state index in [1.165, 1.54) is 6.07 Å². The lowest BCUT2D eigenvalue weighted by atomic mass is 10.2. The standard InChI is InChI=1S/C15H10Cl2N2O2/c16-10-5-6-11(12(17)9-10)15(20)19-13-3-1-2-4-14(13)21-8-7-18/h1-6,9H,8H2,(H,19,20). The van der Waals surface area contributed by atoms with E-state index in [1.54, 1.807) is 36.4 Å². The smallest absolute Gasteiger partial charge is 0.257 e. The summed E-state index contributed by atoms with van der Waals surface area (Å²) < 4.78 is 5.24. The lowest BCUT2D eigenvalue weighted by Gasteiger charge is -2.11. The number of halogens is 2. The fourth-order valence-electron chi connectivity index (χ4n) is 1.67. The Labute approximate surface area is 131 Å². The number of amides is 1. The van der Waals surface area contributed by atoms with Gasteiger partial charge in [0.15, 0.2) is 6.61 Å². The van der Waals surface area contributed by atoms with Crippen LogP contribution in [-0.4, -0.2) is 12.5 Å². The lowest BCUT2D eigenvalue weighted by Crippen LogP contribution is -2.13. The summed E-state index contributed by atoms with van der Waals surface area (Å²) in [5.41, 5.74) is 0.764. The largest absolute Gasteiger partial charge is 0.477 e. The number of carbonyl (C=O) groups excluding carboxylic acids is 1. The highest BCUT2D eigenvalue weighted by Gasteiger charge is 2.13. The third kappa shape index (κ3) is 3.88. The second kappa shape index (κ2) is 6.98. The van der Waals surface area contributed by atoms with Gasteiger partial charge in [-0.1, -0.05) is 35.3 Å². The summed E-state index contributed by atoms with van der Waals surface area (Å²) in [4.78, 5) is 12.2. The molecule has 0 saturated heterocycles. The van der Waals surface area contributed by atoms with Crippen LogP contribution in [0.5, 0.6) is 5.75 Å². The number of carbonyl (C=O) groups is 1. The molecule has 4 nitrogen and oxygen atoms in total. The number of ether oxygens (including phenoxy) is 1. The number of anilines is 1. The van der Waals surface area contributed by atoms with Crippen LogP contribution >= 0.6 is 23.2 Å². The fraction of sp³-hybridized carbons (Fsp3) is 0.0667. The van der Waals surface area contributed by atoms with Crippen LogP contribution in [0.4, 0.5) is 5.69 Å². The Balaban J connectivity index is 2.22. The minimum Gasteiger partial charge on any atom is -0.477 e. The molecule has 0 aliphatic heterocycles. The Morgan fingerprint density at radius 2 is 2.00 bits per heavy atom. The van der Waals surface area contributed by atoms with Gasteiger partial charge in [-0.3, -0.25) is 4.79 Å². The summed E-state index contributed by atoms with van der Waals surface area (Å²) in [6.45, 7) is -0.103. The molecule has 0 bridgehead atoms. The number of hydrogen-bond acceptors (Lipinski definition) is 3. The van der Waals surface area contributed by atoms with Crippen molar-refractivity contribution in [3.05, 3.63) is 58.1 Å². The van der Waals surface area contributed by atoms with Crippen molar-refractivity contribution in [1.29, 1.82) is 5.26 Å². The second-order valence-electron chi connectivity index (χ2n) is 4.02. The Morgan fingerprint density at radius 1 is 1.24 bits per heavy atom. The maximum atomic E-state index is 12.2. The molecular weight excluding hydrogens is 311 g/mol. The van der Waals surface area contributed by atoms with E-state index in [-0.39, 0.29) is 17.5 Å². The van der Waals surface area contributed by atoms with Crippen LogP contribution in [0.25, 0.3) is 0 Å². The van der Waals surface area contributed by atoms with Crippen molar-refractivity contribution in [3.8, 4) is 11.8 Å². The molecule has 0 heterocycles.